The van der Waals surface area contributed by atoms with Crippen LogP contribution < -0.4 is 0 Å². The number of piperidine rings is 1. The van der Waals surface area contributed by atoms with E-state index in [9.17, 15) is 4.79 Å². The van der Waals surface area contributed by atoms with Crippen LogP contribution in [0.1, 0.15) is 24.8 Å². The van der Waals surface area contributed by atoms with E-state index in [1.165, 1.54) is 16.9 Å². The Bertz CT molecular complexity index is 458. The second-order valence-corrected chi connectivity index (χ2v) is 7.24. The van der Waals surface area contributed by atoms with Crippen molar-refractivity contribution in [3.63, 3.8) is 0 Å². The Hall–Kier alpha value is -1.00. The molecule has 1 aromatic rings. The van der Waals surface area contributed by atoms with E-state index in [0.717, 1.165) is 32.5 Å². The molecule has 2 aliphatic rings. The van der Waals surface area contributed by atoms with Crippen LogP contribution in [0.25, 0.3) is 0 Å². The molecule has 1 saturated heterocycles. The molecular weight excluding hydrogens is 270 g/mol. The molecule has 2 heterocycles. The van der Waals surface area contributed by atoms with Crippen LogP contribution in [0.4, 0.5) is 0 Å². The zero-order valence-corrected chi connectivity index (χ0v) is 12.4. The van der Waals surface area contributed by atoms with E-state index in [0.29, 0.717) is 17.6 Å². The Morgan fingerprint density at radius 1 is 1.30 bits per heavy atom. The maximum atomic E-state index is 10.7. The standard InChI is InChI=1S/C16H21NO2S/c18-16(19)9-12-5-7-17(8-6-12)11-14-10-13-3-1-2-4-15(13)20-14/h1-4,12,14H,5-11H2,(H,18,19). The van der Waals surface area contributed by atoms with Crippen LogP contribution in [0.3, 0.4) is 0 Å². The van der Waals surface area contributed by atoms with Gasteiger partial charge in [0.2, 0.25) is 0 Å². The highest BCUT2D eigenvalue weighted by Gasteiger charge is 2.27. The molecule has 1 N–H and O–H groups in total. The number of carboxylic acid groups (broad SMARTS) is 1. The minimum absolute atomic E-state index is 0.345. The summed E-state index contributed by atoms with van der Waals surface area (Å²) in [4.78, 5) is 14.7. The van der Waals surface area contributed by atoms with Gasteiger partial charge >= 0.3 is 5.97 Å². The summed E-state index contributed by atoms with van der Waals surface area (Å²) in [6, 6.07) is 8.70. The second-order valence-electron chi connectivity index (χ2n) is 5.89. The Labute approximate surface area is 124 Å². The number of hydrogen-bond donors (Lipinski definition) is 1. The highest BCUT2D eigenvalue weighted by molar-refractivity contribution is 8.00. The van der Waals surface area contributed by atoms with Gasteiger partial charge in [-0.05, 0) is 49.9 Å². The van der Waals surface area contributed by atoms with Crippen molar-refractivity contribution in [2.24, 2.45) is 5.92 Å². The predicted octanol–water partition coefficient (Wildman–Crippen LogP) is 2.89. The van der Waals surface area contributed by atoms with E-state index in [1.54, 1.807) is 0 Å². The molecule has 20 heavy (non-hydrogen) atoms. The third-order valence-corrected chi connectivity index (χ3v) is 5.65. The van der Waals surface area contributed by atoms with Gasteiger partial charge in [0.1, 0.15) is 0 Å². The number of carbonyl (C=O) groups is 1. The Morgan fingerprint density at radius 2 is 2.05 bits per heavy atom. The molecule has 0 amide bonds. The first-order valence-electron chi connectivity index (χ1n) is 7.39. The third-order valence-electron chi connectivity index (χ3n) is 4.35. The summed E-state index contributed by atoms with van der Waals surface area (Å²) in [6.45, 7) is 3.26. The summed E-state index contributed by atoms with van der Waals surface area (Å²) in [6.07, 6.45) is 3.60. The molecule has 0 radical (unpaired) electrons. The molecule has 0 aliphatic carbocycles. The Kier molecular flexibility index (Phi) is 4.32. The minimum atomic E-state index is -0.648. The van der Waals surface area contributed by atoms with E-state index >= 15 is 0 Å². The van der Waals surface area contributed by atoms with Crippen molar-refractivity contribution < 1.29 is 9.90 Å². The molecule has 3 nitrogen and oxygen atoms in total. The maximum absolute atomic E-state index is 10.7. The van der Waals surface area contributed by atoms with Gasteiger partial charge in [0.05, 0.1) is 0 Å². The SMILES string of the molecule is O=C(O)CC1CCN(CC2Cc3ccccc3S2)CC1. The Balaban J connectivity index is 1.46. The number of thioether (sulfide) groups is 1. The highest BCUT2D eigenvalue weighted by atomic mass is 32.2. The Morgan fingerprint density at radius 3 is 2.75 bits per heavy atom. The molecule has 1 atom stereocenters. The molecule has 1 aromatic carbocycles. The fourth-order valence-corrected chi connectivity index (χ4v) is 4.63. The largest absolute Gasteiger partial charge is 0.481 e. The maximum Gasteiger partial charge on any atom is 0.303 e. The van der Waals surface area contributed by atoms with Crippen molar-refractivity contribution in [2.75, 3.05) is 19.6 Å². The van der Waals surface area contributed by atoms with E-state index in [1.807, 2.05) is 11.8 Å². The van der Waals surface area contributed by atoms with E-state index in [-0.39, 0.29) is 0 Å². The minimum Gasteiger partial charge on any atom is -0.481 e. The summed E-state index contributed by atoms with van der Waals surface area (Å²) in [5.74, 6) is -0.262. The normalized spacial score (nSPS) is 23.7. The summed E-state index contributed by atoms with van der Waals surface area (Å²) in [5, 5.41) is 9.51. The predicted molar refractivity (Wildman–Crippen MR) is 81.2 cm³/mol. The molecule has 3 rings (SSSR count). The monoisotopic (exact) mass is 291 g/mol. The number of rotatable bonds is 4. The molecule has 0 saturated carbocycles. The van der Waals surface area contributed by atoms with Crippen LogP contribution >= 0.6 is 11.8 Å². The number of nitrogens with zero attached hydrogens (tertiary/aromatic N) is 1. The van der Waals surface area contributed by atoms with Gasteiger partial charge in [0.25, 0.3) is 0 Å². The lowest BCUT2D eigenvalue weighted by Crippen LogP contribution is -2.38. The van der Waals surface area contributed by atoms with Gasteiger partial charge in [-0.15, -0.1) is 11.8 Å². The van der Waals surface area contributed by atoms with Gasteiger partial charge in [0, 0.05) is 23.1 Å². The second kappa shape index (κ2) is 6.19. The van der Waals surface area contributed by atoms with Crippen molar-refractivity contribution >= 4 is 17.7 Å². The quantitative estimate of drug-likeness (QED) is 0.926. The van der Waals surface area contributed by atoms with Crippen molar-refractivity contribution in [1.82, 2.24) is 4.90 Å². The van der Waals surface area contributed by atoms with Gasteiger partial charge in [-0.1, -0.05) is 18.2 Å². The van der Waals surface area contributed by atoms with Gasteiger partial charge < -0.3 is 10.0 Å². The van der Waals surface area contributed by atoms with Crippen molar-refractivity contribution in [2.45, 2.75) is 35.8 Å². The van der Waals surface area contributed by atoms with Gasteiger partial charge in [0.15, 0.2) is 0 Å². The van der Waals surface area contributed by atoms with Gasteiger partial charge in [-0.25, -0.2) is 0 Å². The van der Waals surface area contributed by atoms with Crippen molar-refractivity contribution in [3.8, 4) is 0 Å². The van der Waals surface area contributed by atoms with Gasteiger partial charge in [-0.3, -0.25) is 4.79 Å². The molecule has 1 fully saturated rings. The molecule has 0 aromatic heterocycles. The van der Waals surface area contributed by atoms with Crippen molar-refractivity contribution in [1.29, 1.82) is 0 Å². The third kappa shape index (κ3) is 3.36. The van der Waals surface area contributed by atoms with E-state index < -0.39 is 5.97 Å². The topological polar surface area (TPSA) is 40.5 Å². The van der Waals surface area contributed by atoms with Crippen molar-refractivity contribution in [3.05, 3.63) is 29.8 Å². The molecule has 108 valence electrons. The summed E-state index contributed by atoms with van der Waals surface area (Å²) < 4.78 is 0. The first kappa shape index (κ1) is 14.0. The lowest BCUT2D eigenvalue weighted by atomic mass is 9.93. The van der Waals surface area contributed by atoms with E-state index in [2.05, 4.69) is 29.2 Å². The molecule has 0 spiro atoms. The average Bonchev–Trinajstić information content (AvgIpc) is 2.82. The molecule has 1 unspecified atom stereocenters. The molecule has 2 aliphatic heterocycles. The number of fused-ring (bicyclic) bond motifs is 1. The summed E-state index contributed by atoms with van der Waals surface area (Å²) in [7, 11) is 0. The first-order chi connectivity index (χ1) is 9.70. The van der Waals surface area contributed by atoms with Crippen LogP contribution in [-0.2, 0) is 11.2 Å². The molecule has 0 bridgehead atoms. The lowest BCUT2D eigenvalue weighted by Gasteiger charge is -2.32. The number of carboxylic acids is 1. The smallest absolute Gasteiger partial charge is 0.303 e. The fourth-order valence-electron chi connectivity index (χ4n) is 3.26. The molecular formula is C16H21NO2S. The van der Waals surface area contributed by atoms with E-state index in [4.69, 9.17) is 5.11 Å². The zero-order chi connectivity index (χ0) is 13.9. The fraction of sp³-hybridized carbons (Fsp3) is 0.562. The molecule has 4 heteroatoms. The lowest BCUT2D eigenvalue weighted by molar-refractivity contribution is -0.138. The summed E-state index contributed by atoms with van der Waals surface area (Å²) in [5.41, 5.74) is 1.49. The number of likely N-dealkylation sites (tertiary alicyclic amines) is 1. The summed E-state index contributed by atoms with van der Waals surface area (Å²) >= 11 is 2.01. The average molecular weight is 291 g/mol. The highest BCUT2D eigenvalue weighted by Crippen LogP contribution is 2.37. The first-order valence-corrected chi connectivity index (χ1v) is 8.27. The number of hydrogen-bond acceptors (Lipinski definition) is 3. The zero-order valence-electron chi connectivity index (χ0n) is 11.6. The van der Waals surface area contributed by atoms with Crippen LogP contribution in [0, 0.1) is 5.92 Å². The van der Waals surface area contributed by atoms with Gasteiger partial charge in [-0.2, -0.15) is 0 Å². The number of benzene rings is 1. The van der Waals surface area contributed by atoms with Crippen LogP contribution in [0.5, 0.6) is 0 Å². The van der Waals surface area contributed by atoms with Crippen LogP contribution in [0.15, 0.2) is 29.2 Å². The van der Waals surface area contributed by atoms with Crippen LogP contribution in [0.2, 0.25) is 0 Å². The van der Waals surface area contributed by atoms with Crippen LogP contribution in [-0.4, -0.2) is 40.9 Å². The number of aliphatic carboxylic acids is 1.